The van der Waals surface area contributed by atoms with Crippen LogP contribution in [0.5, 0.6) is 0 Å². The van der Waals surface area contributed by atoms with E-state index in [1.54, 1.807) is 13.8 Å². The van der Waals surface area contributed by atoms with Crippen LogP contribution in [-0.4, -0.2) is 75.7 Å². The molecule has 0 saturated carbocycles. The third-order valence-corrected chi connectivity index (χ3v) is 4.45. The lowest BCUT2D eigenvalue weighted by Gasteiger charge is -2.26. The van der Waals surface area contributed by atoms with Crippen LogP contribution < -0.4 is 27.4 Å². The molecule has 4 unspecified atom stereocenters. The summed E-state index contributed by atoms with van der Waals surface area (Å²) in [5.74, 6) is -6.73. The molecule has 0 aliphatic carbocycles. The summed E-state index contributed by atoms with van der Waals surface area (Å²) in [6.45, 7) is 3.19. The van der Waals surface area contributed by atoms with Crippen LogP contribution in [0.25, 0.3) is 0 Å². The van der Waals surface area contributed by atoms with Gasteiger partial charge in [-0.1, -0.05) is 13.8 Å². The number of aliphatic carboxylic acids is 2. The molecular formula is C17H29N5O8S. The van der Waals surface area contributed by atoms with Crippen molar-refractivity contribution in [2.24, 2.45) is 17.4 Å². The largest absolute Gasteiger partial charge is 0.481 e. The fourth-order valence-corrected chi connectivity index (χ4v) is 2.58. The maximum absolute atomic E-state index is 12.7. The van der Waals surface area contributed by atoms with E-state index in [0.717, 1.165) is 0 Å². The average Bonchev–Trinajstić information content (AvgIpc) is 2.66. The highest BCUT2D eigenvalue weighted by atomic mass is 32.1. The van der Waals surface area contributed by atoms with E-state index in [0.29, 0.717) is 0 Å². The Morgan fingerprint density at radius 1 is 0.903 bits per heavy atom. The zero-order valence-corrected chi connectivity index (χ0v) is 18.1. The predicted molar refractivity (Wildman–Crippen MR) is 111 cm³/mol. The molecule has 0 aromatic heterocycles. The molecule has 14 heteroatoms. The quantitative estimate of drug-likeness (QED) is 0.124. The minimum absolute atomic E-state index is 0.152. The van der Waals surface area contributed by atoms with Gasteiger partial charge in [0.15, 0.2) is 0 Å². The van der Waals surface area contributed by atoms with Crippen LogP contribution in [0.1, 0.15) is 33.1 Å². The van der Waals surface area contributed by atoms with Crippen molar-refractivity contribution in [3.05, 3.63) is 0 Å². The Hall–Kier alpha value is -2.87. The molecule has 0 rings (SSSR count). The van der Waals surface area contributed by atoms with Gasteiger partial charge in [-0.15, -0.1) is 0 Å². The van der Waals surface area contributed by atoms with E-state index in [1.165, 1.54) is 0 Å². The SMILES string of the molecule is CC(C)C(NC(=O)C(N)CCC(=O)O)C(=O)NC(CC(N)=O)C(=O)NC(CS)C(=O)O. The van der Waals surface area contributed by atoms with Gasteiger partial charge in [0.1, 0.15) is 18.1 Å². The van der Waals surface area contributed by atoms with Crippen LogP contribution >= 0.6 is 12.6 Å². The van der Waals surface area contributed by atoms with Crippen LogP contribution in [0.15, 0.2) is 0 Å². The number of amides is 4. The third-order valence-electron chi connectivity index (χ3n) is 4.09. The van der Waals surface area contributed by atoms with Crippen molar-refractivity contribution in [2.45, 2.75) is 57.3 Å². The fourth-order valence-electron chi connectivity index (χ4n) is 2.34. The molecule has 0 aromatic carbocycles. The Morgan fingerprint density at radius 2 is 1.45 bits per heavy atom. The highest BCUT2D eigenvalue weighted by Gasteiger charge is 2.32. The van der Waals surface area contributed by atoms with Gasteiger partial charge in [0.2, 0.25) is 23.6 Å². The van der Waals surface area contributed by atoms with E-state index in [-0.39, 0.29) is 18.6 Å². The maximum Gasteiger partial charge on any atom is 0.327 e. The average molecular weight is 464 g/mol. The summed E-state index contributed by atoms with van der Waals surface area (Å²) in [5, 5.41) is 24.5. The molecule has 0 aromatic rings. The number of hydrogen-bond acceptors (Lipinski definition) is 8. The van der Waals surface area contributed by atoms with Gasteiger partial charge in [0, 0.05) is 12.2 Å². The van der Waals surface area contributed by atoms with E-state index in [4.69, 9.17) is 21.7 Å². The van der Waals surface area contributed by atoms with Gasteiger partial charge < -0.3 is 37.6 Å². The number of thiol groups is 1. The van der Waals surface area contributed by atoms with Gasteiger partial charge in [-0.25, -0.2) is 4.79 Å². The van der Waals surface area contributed by atoms with E-state index in [2.05, 4.69) is 28.6 Å². The Kier molecular flexibility index (Phi) is 12.2. The fraction of sp³-hybridized carbons (Fsp3) is 0.647. The second kappa shape index (κ2) is 13.4. The van der Waals surface area contributed by atoms with Crippen molar-refractivity contribution < 1.29 is 39.0 Å². The minimum Gasteiger partial charge on any atom is -0.481 e. The van der Waals surface area contributed by atoms with Gasteiger partial charge in [0.05, 0.1) is 12.5 Å². The standard InChI is InChI=1S/C17H29N5O8S/c1-7(2)13(22-14(26)8(18)3-4-12(24)25)16(28)20-9(5-11(19)23)15(27)21-10(6-31)17(29)30/h7-10,13,31H,3-6,18H2,1-2H3,(H2,19,23)(H,20,28)(H,21,27)(H,22,26)(H,24,25)(H,29,30). The summed E-state index contributed by atoms with van der Waals surface area (Å²) in [6.07, 6.45) is -1.11. The minimum atomic E-state index is -1.49. The van der Waals surface area contributed by atoms with Crippen LogP contribution in [0, 0.1) is 5.92 Å². The molecule has 0 radical (unpaired) electrons. The van der Waals surface area contributed by atoms with Gasteiger partial charge in [-0.05, 0) is 12.3 Å². The first-order valence-corrected chi connectivity index (χ1v) is 9.93. The Balaban J connectivity index is 5.33. The highest BCUT2D eigenvalue weighted by molar-refractivity contribution is 7.80. The molecule has 31 heavy (non-hydrogen) atoms. The van der Waals surface area contributed by atoms with Crippen molar-refractivity contribution in [2.75, 3.05) is 5.75 Å². The van der Waals surface area contributed by atoms with E-state index < -0.39 is 72.1 Å². The molecule has 176 valence electrons. The van der Waals surface area contributed by atoms with E-state index in [1.807, 2.05) is 0 Å². The first-order valence-electron chi connectivity index (χ1n) is 9.30. The zero-order valence-electron chi connectivity index (χ0n) is 17.2. The Labute approximate surface area is 184 Å². The first-order chi connectivity index (χ1) is 14.3. The van der Waals surface area contributed by atoms with Crippen LogP contribution in [-0.2, 0) is 28.8 Å². The zero-order chi connectivity index (χ0) is 24.3. The lowest BCUT2D eigenvalue weighted by Crippen LogP contribution is -2.59. The summed E-state index contributed by atoms with van der Waals surface area (Å²) in [4.78, 5) is 70.2. The number of carboxylic acids is 2. The molecular weight excluding hydrogens is 434 g/mol. The van der Waals surface area contributed by atoms with Crippen molar-refractivity contribution in [3.8, 4) is 0 Å². The predicted octanol–water partition coefficient (Wildman–Crippen LogP) is -2.82. The normalized spacial score (nSPS) is 14.6. The summed E-state index contributed by atoms with van der Waals surface area (Å²) < 4.78 is 0. The van der Waals surface area contributed by atoms with Crippen LogP contribution in [0.4, 0.5) is 0 Å². The number of carbonyl (C=O) groups is 6. The summed E-state index contributed by atoms with van der Waals surface area (Å²) in [5.41, 5.74) is 10.7. The van der Waals surface area contributed by atoms with Crippen LogP contribution in [0.2, 0.25) is 0 Å². The molecule has 9 N–H and O–H groups in total. The third kappa shape index (κ3) is 10.6. The molecule has 0 spiro atoms. The number of nitrogens with one attached hydrogen (secondary N) is 3. The maximum atomic E-state index is 12.7. The Bertz CT molecular complexity index is 702. The molecule has 0 heterocycles. The molecule has 0 fully saturated rings. The lowest BCUT2D eigenvalue weighted by molar-refractivity contribution is -0.142. The van der Waals surface area contributed by atoms with Crippen LogP contribution in [0.3, 0.4) is 0 Å². The molecule has 0 aliphatic heterocycles. The molecule has 4 amide bonds. The monoisotopic (exact) mass is 463 g/mol. The van der Waals surface area contributed by atoms with Crippen molar-refractivity contribution >= 4 is 48.2 Å². The molecule has 13 nitrogen and oxygen atoms in total. The molecule has 4 atom stereocenters. The van der Waals surface area contributed by atoms with Crippen molar-refractivity contribution in [1.82, 2.24) is 16.0 Å². The number of carbonyl (C=O) groups excluding carboxylic acids is 4. The van der Waals surface area contributed by atoms with Gasteiger partial charge in [0.25, 0.3) is 0 Å². The summed E-state index contributed by atoms with van der Waals surface area (Å²) in [6, 6.07) is -5.21. The Morgan fingerprint density at radius 3 is 1.87 bits per heavy atom. The number of hydrogen-bond donors (Lipinski definition) is 8. The molecule has 0 bridgehead atoms. The number of carboxylic acid groups (broad SMARTS) is 2. The van der Waals surface area contributed by atoms with Crippen molar-refractivity contribution in [1.29, 1.82) is 0 Å². The summed E-state index contributed by atoms with van der Waals surface area (Å²) in [7, 11) is 0. The highest BCUT2D eigenvalue weighted by Crippen LogP contribution is 2.06. The number of rotatable bonds is 14. The topological polar surface area (TPSA) is 231 Å². The number of nitrogens with two attached hydrogens (primary N) is 2. The van der Waals surface area contributed by atoms with Crippen molar-refractivity contribution in [3.63, 3.8) is 0 Å². The summed E-state index contributed by atoms with van der Waals surface area (Å²) >= 11 is 3.81. The second-order valence-electron chi connectivity index (χ2n) is 7.08. The van der Waals surface area contributed by atoms with E-state index in [9.17, 15) is 28.8 Å². The first kappa shape index (κ1) is 28.1. The lowest BCUT2D eigenvalue weighted by atomic mass is 10.0. The molecule has 0 aliphatic rings. The van der Waals surface area contributed by atoms with Gasteiger partial charge >= 0.3 is 11.9 Å². The molecule has 0 saturated heterocycles. The van der Waals surface area contributed by atoms with Gasteiger partial charge in [-0.2, -0.15) is 12.6 Å². The smallest absolute Gasteiger partial charge is 0.327 e. The van der Waals surface area contributed by atoms with Gasteiger partial charge in [-0.3, -0.25) is 24.0 Å². The van der Waals surface area contributed by atoms with E-state index >= 15 is 0 Å². The second-order valence-corrected chi connectivity index (χ2v) is 7.45. The number of primary amides is 1.